The molecule has 1 heterocycles. The minimum absolute atomic E-state index is 0.0130. The fourth-order valence-electron chi connectivity index (χ4n) is 2.74. The highest BCUT2D eigenvalue weighted by molar-refractivity contribution is 7.89. The maximum Gasteiger partial charge on any atom is 0.238 e. The van der Waals surface area contributed by atoms with Gasteiger partial charge in [0, 0.05) is 6.07 Å². The van der Waals surface area contributed by atoms with Gasteiger partial charge in [0.25, 0.3) is 0 Å². The number of benzene rings is 2. The molecule has 7 heteroatoms. The van der Waals surface area contributed by atoms with Gasteiger partial charge in [-0.15, -0.1) is 0 Å². The number of primary sulfonamides is 1. The highest BCUT2D eigenvalue weighted by Crippen LogP contribution is 2.31. The van der Waals surface area contributed by atoms with E-state index in [9.17, 15) is 8.42 Å². The third-order valence-corrected chi connectivity index (χ3v) is 4.88. The third kappa shape index (κ3) is 3.53. The molecular formula is C17H19NO5S. The summed E-state index contributed by atoms with van der Waals surface area (Å²) in [7, 11) is -2.33. The van der Waals surface area contributed by atoms with Crippen LogP contribution in [-0.4, -0.2) is 22.1 Å². The van der Waals surface area contributed by atoms with Crippen LogP contribution in [0.25, 0.3) is 0 Å². The van der Waals surface area contributed by atoms with Crippen molar-refractivity contribution in [3.05, 3.63) is 53.1 Å². The van der Waals surface area contributed by atoms with E-state index < -0.39 is 10.0 Å². The summed E-state index contributed by atoms with van der Waals surface area (Å²) in [6.45, 7) is 1.69. The van der Waals surface area contributed by atoms with Gasteiger partial charge in [0.2, 0.25) is 10.0 Å². The molecular weight excluding hydrogens is 330 g/mol. The van der Waals surface area contributed by atoms with Gasteiger partial charge in [0.05, 0.1) is 25.2 Å². The van der Waals surface area contributed by atoms with Gasteiger partial charge in [-0.1, -0.05) is 18.2 Å². The molecule has 0 spiro atoms. The maximum absolute atomic E-state index is 11.4. The first-order chi connectivity index (χ1) is 11.5. The summed E-state index contributed by atoms with van der Waals surface area (Å²) in [4.78, 5) is -0.0130. The van der Waals surface area contributed by atoms with Crippen LogP contribution in [-0.2, 0) is 34.4 Å². The topological polar surface area (TPSA) is 87.9 Å². The number of sulfonamides is 1. The molecule has 0 saturated heterocycles. The third-order valence-electron chi connectivity index (χ3n) is 3.97. The lowest BCUT2D eigenvalue weighted by Crippen LogP contribution is -2.14. The fourth-order valence-corrected chi connectivity index (χ4v) is 3.26. The summed E-state index contributed by atoms with van der Waals surface area (Å²) in [5, 5.41) is 5.14. The van der Waals surface area contributed by atoms with Gasteiger partial charge in [-0.05, 0) is 35.2 Å². The van der Waals surface area contributed by atoms with Crippen molar-refractivity contribution in [2.24, 2.45) is 5.14 Å². The Labute approximate surface area is 141 Å². The largest absolute Gasteiger partial charge is 0.493 e. The van der Waals surface area contributed by atoms with Crippen LogP contribution in [0.4, 0.5) is 0 Å². The van der Waals surface area contributed by atoms with E-state index in [1.807, 2.05) is 12.1 Å². The zero-order valence-electron chi connectivity index (χ0n) is 13.3. The molecule has 0 aliphatic carbocycles. The summed E-state index contributed by atoms with van der Waals surface area (Å²) in [6.07, 6.45) is 0.857. The number of ether oxygens (including phenoxy) is 3. The second kappa shape index (κ2) is 6.80. The number of fused-ring (bicyclic) bond motifs is 1. The number of rotatable bonds is 5. The van der Waals surface area contributed by atoms with Gasteiger partial charge < -0.3 is 14.2 Å². The average molecular weight is 349 g/mol. The van der Waals surface area contributed by atoms with Crippen LogP contribution in [0, 0.1) is 0 Å². The summed E-state index contributed by atoms with van der Waals surface area (Å²) < 4.78 is 39.4. The first-order valence-electron chi connectivity index (χ1n) is 7.50. The van der Waals surface area contributed by atoms with Gasteiger partial charge >= 0.3 is 0 Å². The molecule has 0 unspecified atom stereocenters. The highest BCUT2D eigenvalue weighted by Gasteiger charge is 2.16. The lowest BCUT2D eigenvalue weighted by Gasteiger charge is -2.20. The Kier molecular flexibility index (Phi) is 4.75. The minimum Gasteiger partial charge on any atom is -0.493 e. The molecule has 128 valence electrons. The SMILES string of the molecule is COc1cc(S(N)(=O)=O)ccc1OCc1cccc2c1CCOC2. The molecule has 0 saturated carbocycles. The van der Waals surface area contributed by atoms with Crippen LogP contribution in [0.2, 0.25) is 0 Å². The smallest absolute Gasteiger partial charge is 0.238 e. The van der Waals surface area contributed by atoms with Crippen LogP contribution in [0.3, 0.4) is 0 Å². The summed E-state index contributed by atoms with van der Waals surface area (Å²) >= 11 is 0. The Morgan fingerprint density at radius 1 is 1.21 bits per heavy atom. The van der Waals surface area contributed by atoms with Crippen molar-refractivity contribution in [1.82, 2.24) is 0 Å². The Hall–Kier alpha value is -2.09. The summed E-state index contributed by atoms with van der Waals surface area (Å²) in [5.74, 6) is 0.796. The van der Waals surface area contributed by atoms with E-state index in [-0.39, 0.29) is 4.90 Å². The summed E-state index contributed by atoms with van der Waals surface area (Å²) in [5.41, 5.74) is 3.52. The first-order valence-corrected chi connectivity index (χ1v) is 9.04. The molecule has 0 radical (unpaired) electrons. The predicted molar refractivity (Wildman–Crippen MR) is 88.5 cm³/mol. The Bertz CT molecular complexity index is 848. The van der Waals surface area contributed by atoms with Crippen LogP contribution in [0.5, 0.6) is 11.5 Å². The predicted octanol–water partition coefficient (Wildman–Crippen LogP) is 1.99. The fraction of sp³-hybridized carbons (Fsp3) is 0.294. The highest BCUT2D eigenvalue weighted by atomic mass is 32.2. The molecule has 0 atom stereocenters. The van der Waals surface area contributed by atoms with Crippen molar-refractivity contribution in [2.45, 2.75) is 24.5 Å². The Morgan fingerprint density at radius 2 is 2.04 bits per heavy atom. The lowest BCUT2D eigenvalue weighted by atomic mass is 9.98. The first kappa shape index (κ1) is 16.8. The van der Waals surface area contributed by atoms with E-state index in [1.165, 1.54) is 30.4 Å². The molecule has 24 heavy (non-hydrogen) atoms. The van der Waals surface area contributed by atoms with E-state index in [1.54, 1.807) is 6.07 Å². The average Bonchev–Trinajstić information content (AvgIpc) is 2.59. The van der Waals surface area contributed by atoms with Gasteiger partial charge in [-0.2, -0.15) is 0 Å². The quantitative estimate of drug-likeness (QED) is 0.892. The Morgan fingerprint density at radius 3 is 2.79 bits per heavy atom. The van der Waals surface area contributed by atoms with Crippen molar-refractivity contribution in [2.75, 3.05) is 13.7 Å². The molecule has 0 fully saturated rings. The van der Waals surface area contributed by atoms with Crippen molar-refractivity contribution in [1.29, 1.82) is 0 Å². The normalized spacial score (nSPS) is 14.1. The van der Waals surface area contributed by atoms with E-state index >= 15 is 0 Å². The molecule has 1 aliphatic rings. The van der Waals surface area contributed by atoms with E-state index in [4.69, 9.17) is 19.3 Å². The Balaban J connectivity index is 1.82. The zero-order chi connectivity index (χ0) is 17.2. The van der Waals surface area contributed by atoms with Crippen molar-refractivity contribution >= 4 is 10.0 Å². The molecule has 0 amide bonds. The molecule has 6 nitrogen and oxygen atoms in total. The van der Waals surface area contributed by atoms with Gasteiger partial charge in [-0.3, -0.25) is 0 Å². The number of hydrogen-bond donors (Lipinski definition) is 1. The zero-order valence-corrected chi connectivity index (χ0v) is 14.1. The molecule has 0 aromatic heterocycles. The summed E-state index contributed by atoms with van der Waals surface area (Å²) in [6, 6.07) is 10.4. The van der Waals surface area contributed by atoms with Crippen molar-refractivity contribution in [3.8, 4) is 11.5 Å². The molecule has 2 N–H and O–H groups in total. The van der Waals surface area contributed by atoms with Crippen LogP contribution in [0.15, 0.2) is 41.3 Å². The molecule has 1 aliphatic heterocycles. The number of nitrogens with two attached hydrogens (primary N) is 1. The molecule has 3 rings (SSSR count). The van der Waals surface area contributed by atoms with E-state index in [0.717, 1.165) is 12.0 Å². The minimum atomic E-state index is -3.78. The van der Waals surface area contributed by atoms with Crippen LogP contribution in [0.1, 0.15) is 16.7 Å². The molecule has 2 aromatic carbocycles. The monoisotopic (exact) mass is 349 g/mol. The second-order valence-electron chi connectivity index (χ2n) is 5.50. The maximum atomic E-state index is 11.4. The van der Waals surface area contributed by atoms with Gasteiger partial charge in [0.1, 0.15) is 6.61 Å². The molecule has 0 bridgehead atoms. The van der Waals surface area contributed by atoms with Crippen LogP contribution < -0.4 is 14.6 Å². The van der Waals surface area contributed by atoms with Gasteiger partial charge in [-0.25, -0.2) is 13.6 Å². The lowest BCUT2D eigenvalue weighted by molar-refractivity contribution is 0.110. The standard InChI is InChI=1S/C17H19NO5S/c1-21-17-9-14(24(18,19)20)5-6-16(17)23-11-13-4-2-3-12-10-22-8-7-15(12)13/h2-6,9H,7-8,10-11H2,1H3,(H2,18,19,20). The van der Waals surface area contributed by atoms with Crippen molar-refractivity contribution < 1.29 is 22.6 Å². The van der Waals surface area contributed by atoms with E-state index in [0.29, 0.717) is 31.3 Å². The van der Waals surface area contributed by atoms with Crippen molar-refractivity contribution in [3.63, 3.8) is 0 Å². The number of methoxy groups -OCH3 is 1. The van der Waals surface area contributed by atoms with Crippen LogP contribution >= 0.6 is 0 Å². The number of hydrogen-bond acceptors (Lipinski definition) is 5. The second-order valence-corrected chi connectivity index (χ2v) is 7.07. The van der Waals surface area contributed by atoms with E-state index in [2.05, 4.69) is 6.07 Å². The van der Waals surface area contributed by atoms with Gasteiger partial charge in [0.15, 0.2) is 11.5 Å². The molecule has 2 aromatic rings.